The Morgan fingerprint density at radius 2 is 1.83 bits per heavy atom. The smallest absolute Gasteiger partial charge is 0.220 e. The predicted octanol–water partition coefficient (Wildman–Crippen LogP) is 3.38. The van der Waals surface area contributed by atoms with E-state index < -0.39 is 5.41 Å². The number of carbonyl (C=O) groups is 2. The molecule has 3 nitrogen and oxygen atoms in total. The van der Waals surface area contributed by atoms with Gasteiger partial charge in [0.25, 0.3) is 0 Å². The van der Waals surface area contributed by atoms with Crippen molar-refractivity contribution in [2.45, 2.75) is 37.5 Å². The lowest BCUT2D eigenvalue weighted by molar-refractivity contribution is -0.120. The van der Waals surface area contributed by atoms with Gasteiger partial charge in [-0.25, -0.2) is 0 Å². The van der Waals surface area contributed by atoms with Crippen molar-refractivity contribution in [1.29, 1.82) is 0 Å². The van der Waals surface area contributed by atoms with E-state index in [0.717, 1.165) is 23.8 Å². The Labute approximate surface area is 143 Å². The summed E-state index contributed by atoms with van der Waals surface area (Å²) in [7, 11) is 0. The Morgan fingerprint density at radius 1 is 1.12 bits per heavy atom. The van der Waals surface area contributed by atoms with Crippen molar-refractivity contribution >= 4 is 12.2 Å². The maximum atomic E-state index is 12.3. The van der Waals surface area contributed by atoms with Crippen LogP contribution in [0.1, 0.15) is 42.4 Å². The molecule has 24 heavy (non-hydrogen) atoms. The van der Waals surface area contributed by atoms with Crippen molar-refractivity contribution in [3.05, 3.63) is 71.3 Å². The third-order valence-electron chi connectivity index (χ3n) is 5.20. The van der Waals surface area contributed by atoms with Gasteiger partial charge >= 0.3 is 0 Å². The lowest BCUT2D eigenvalue weighted by Crippen LogP contribution is -2.38. The van der Waals surface area contributed by atoms with Crippen molar-refractivity contribution in [3.63, 3.8) is 0 Å². The molecule has 0 aromatic heterocycles. The number of rotatable bonds is 4. The second-order valence-electron chi connectivity index (χ2n) is 6.48. The molecular weight excluding hydrogens is 298 g/mol. The topological polar surface area (TPSA) is 46.2 Å². The van der Waals surface area contributed by atoms with Gasteiger partial charge in [-0.1, -0.05) is 61.5 Å². The van der Waals surface area contributed by atoms with Gasteiger partial charge in [0.2, 0.25) is 5.91 Å². The van der Waals surface area contributed by atoms with E-state index in [1.165, 1.54) is 5.56 Å². The number of hydrogen-bond acceptors (Lipinski definition) is 2. The van der Waals surface area contributed by atoms with E-state index in [9.17, 15) is 9.59 Å². The molecule has 0 radical (unpaired) electrons. The summed E-state index contributed by atoms with van der Waals surface area (Å²) in [4.78, 5) is 24.3. The fourth-order valence-corrected chi connectivity index (χ4v) is 3.69. The first-order valence-corrected chi connectivity index (χ1v) is 8.57. The third kappa shape index (κ3) is 2.99. The van der Waals surface area contributed by atoms with Crippen LogP contribution in [0.4, 0.5) is 0 Å². The molecule has 0 unspecified atom stereocenters. The van der Waals surface area contributed by atoms with Gasteiger partial charge in [-0.05, 0) is 29.5 Å². The molecule has 1 heterocycles. The van der Waals surface area contributed by atoms with Gasteiger partial charge in [-0.2, -0.15) is 0 Å². The average Bonchev–Trinajstić information content (AvgIpc) is 2.82. The summed E-state index contributed by atoms with van der Waals surface area (Å²) in [6.07, 6.45) is 2.94. The van der Waals surface area contributed by atoms with E-state index >= 15 is 0 Å². The number of amides is 1. The third-order valence-corrected chi connectivity index (χ3v) is 5.20. The van der Waals surface area contributed by atoms with Gasteiger partial charge < -0.3 is 10.1 Å². The number of nitrogens with one attached hydrogen (secondary N) is 1. The Kier molecular flexibility index (Phi) is 4.79. The Bertz CT molecular complexity index is 708. The fourth-order valence-electron chi connectivity index (χ4n) is 3.69. The maximum absolute atomic E-state index is 12.3. The molecule has 124 valence electrons. The highest BCUT2D eigenvalue weighted by Gasteiger charge is 2.43. The Morgan fingerprint density at radius 3 is 2.46 bits per heavy atom. The number of aldehydes is 1. The second kappa shape index (κ2) is 7.00. The summed E-state index contributed by atoms with van der Waals surface area (Å²) in [6, 6.07) is 18.3. The van der Waals surface area contributed by atoms with Crippen molar-refractivity contribution in [2.24, 2.45) is 0 Å². The zero-order valence-electron chi connectivity index (χ0n) is 14.0. The van der Waals surface area contributed by atoms with Gasteiger partial charge in [0.05, 0.1) is 5.41 Å². The van der Waals surface area contributed by atoms with Crippen LogP contribution in [0.3, 0.4) is 0 Å². The summed E-state index contributed by atoms with van der Waals surface area (Å²) in [5, 5.41) is 2.98. The van der Waals surface area contributed by atoms with Crippen LogP contribution in [0.15, 0.2) is 54.6 Å². The summed E-state index contributed by atoms with van der Waals surface area (Å²) in [5.41, 5.74) is 2.66. The second-order valence-corrected chi connectivity index (χ2v) is 6.48. The van der Waals surface area contributed by atoms with Crippen LogP contribution >= 0.6 is 0 Å². The average molecular weight is 321 g/mol. The highest BCUT2D eigenvalue weighted by Crippen LogP contribution is 2.42. The molecule has 2 aromatic carbocycles. The van der Waals surface area contributed by atoms with Gasteiger partial charge in [-0.3, -0.25) is 4.79 Å². The first-order valence-electron chi connectivity index (χ1n) is 8.57. The molecule has 0 aliphatic carbocycles. The van der Waals surface area contributed by atoms with Crippen molar-refractivity contribution in [2.75, 3.05) is 6.54 Å². The van der Waals surface area contributed by atoms with Gasteiger partial charge in [0.1, 0.15) is 6.29 Å². The van der Waals surface area contributed by atoms with E-state index in [1.54, 1.807) is 0 Å². The molecule has 2 atom stereocenters. The predicted molar refractivity (Wildman–Crippen MR) is 95.0 cm³/mol. The maximum Gasteiger partial charge on any atom is 0.220 e. The summed E-state index contributed by atoms with van der Waals surface area (Å²) >= 11 is 0. The zero-order chi connectivity index (χ0) is 17.0. The monoisotopic (exact) mass is 321 g/mol. The quantitative estimate of drug-likeness (QED) is 0.878. The van der Waals surface area contributed by atoms with Crippen LogP contribution in [0, 0.1) is 0 Å². The van der Waals surface area contributed by atoms with Gasteiger partial charge in [-0.15, -0.1) is 0 Å². The van der Waals surface area contributed by atoms with E-state index in [1.807, 2.05) is 30.3 Å². The van der Waals surface area contributed by atoms with Crippen LogP contribution < -0.4 is 5.32 Å². The first-order chi connectivity index (χ1) is 11.7. The Balaban J connectivity index is 2.10. The largest absolute Gasteiger partial charge is 0.355 e. The minimum Gasteiger partial charge on any atom is -0.355 e. The van der Waals surface area contributed by atoms with Crippen molar-refractivity contribution < 1.29 is 9.59 Å². The number of hydrogen-bond donors (Lipinski definition) is 1. The standard InChI is InChI=1S/C21H23NO2/c1-2-16-8-10-18(11-9-16)21(15-23)13-12-20(24)22-14-19(21)17-6-4-3-5-7-17/h3-11,15,19H,2,12-14H2,1H3,(H,22,24)/t19-,21-/m0/s1. The van der Waals surface area contributed by atoms with Crippen LogP contribution in [0.2, 0.25) is 0 Å². The zero-order valence-corrected chi connectivity index (χ0v) is 14.0. The minimum atomic E-state index is -0.674. The van der Waals surface area contributed by atoms with E-state index in [0.29, 0.717) is 19.4 Å². The van der Waals surface area contributed by atoms with Crippen molar-refractivity contribution in [3.8, 4) is 0 Å². The Hall–Kier alpha value is -2.42. The normalized spacial score (nSPS) is 24.0. The first kappa shape index (κ1) is 16.4. The summed E-state index contributed by atoms with van der Waals surface area (Å²) in [5.74, 6) is -0.0417. The van der Waals surface area contributed by atoms with Crippen LogP contribution in [0.25, 0.3) is 0 Å². The molecule has 0 spiro atoms. The van der Waals surface area contributed by atoms with E-state index in [4.69, 9.17) is 0 Å². The SMILES string of the molecule is CCc1ccc([C@@]2(C=O)CCC(=O)NC[C@H]2c2ccccc2)cc1. The fraction of sp³-hybridized carbons (Fsp3) is 0.333. The molecule has 0 bridgehead atoms. The van der Waals surface area contributed by atoms with E-state index in [2.05, 4.69) is 36.5 Å². The highest BCUT2D eigenvalue weighted by molar-refractivity contribution is 5.80. The highest BCUT2D eigenvalue weighted by atomic mass is 16.1. The van der Waals surface area contributed by atoms with Gasteiger partial charge in [0, 0.05) is 18.9 Å². The lowest BCUT2D eigenvalue weighted by atomic mass is 9.66. The molecule has 2 aromatic rings. The van der Waals surface area contributed by atoms with Crippen LogP contribution in [-0.4, -0.2) is 18.7 Å². The van der Waals surface area contributed by atoms with Crippen LogP contribution in [-0.2, 0) is 21.4 Å². The van der Waals surface area contributed by atoms with E-state index in [-0.39, 0.29) is 11.8 Å². The molecule has 3 rings (SSSR count). The van der Waals surface area contributed by atoms with Crippen molar-refractivity contribution in [1.82, 2.24) is 5.32 Å². The van der Waals surface area contributed by atoms with Crippen LogP contribution in [0.5, 0.6) is 0 Å². The molecule has 0 saturated carbocycles. The number of aryl methyl sites for hydroxylation is 1. The minimum absolute atomic E-state index is 0.0184. The molecule has 1 aliphatic rings. The van der Waals surface area contributed by atoms with Gasteiger partial charge in [0.15, 0.2) is 0 Å². The molecule has 1 saturated heterocycles. The molecular formula is C21H23NO2. The number of benzene rings is 2. The molecule has 3 heteroatoms. The molecule has 1 amide bonds. The number of carbonyl (C=O) groups excluding carboxylic acids is 2. The summed E-state index contributed by atoms with van der Waals surface area (Å²) < 4.78 is 0. The molecule has 1 aliphatic heterocycles. The summed E-state index contributed by atoms with van der Waals surface area (Å²) in [6.45, 7) is 2.60. The molecule has 1 N–H and O–H groups in total. The molecule has 1 fully saturated rings. The lowest BCUT2D eigenvalue weighted by Gasteiger charge is -2.35.